The molecule has 0 amide bonds. The lowest BCUT2D eigenvalue weighted by atomic mass is 9.87. The fourth-order valence-electron chi connectivity index (χ4n) is 2.96. The number of rotatable bonds is 2. The van der Waals surface area contributed by atoms with Crippen molar-refractivity contribution in [2.24, 2.45) is 17.6 Å². The van der Waals surface area contributed by atoms with Crippen molar-refractivity contribution in [2.75, 3.05) is 0 Å². The normalized spacial score (nSPS) is 29.6. The lowest BCUT2D eigenvalue weighted by Crippen LogP contribution is -2.36. The number of aromatic nitrogens is 1. The lowest BCUT2D eigenvalue weighted by molar-refractivity contribution is 0.325. The quantitative estimate of drug-likeness (QED) is 0.817. The van der Waals surface area contributed by atoms with Gasteiger partial charge in [-0.1, -0.05) is 26.7 Å². The van der Waals surface area contributed by atoms with E-state index < -0.39 is 0 Å². The van der Waals surface area contributed by atoms with E-state index in [-0.39, 0.29) is 5.54 Å². The van der Waals surface area contributed by atoms with Crippen LogP contribution in [0, 0.1) is 25.7 Å². The van der Waals surface area contributed by atoms with E-state index in [2.05, 4.69) is 27.7 Å². The van der Waals surface area contributed by atoms with Gasteiger partial charge in [-0.3, -0.25) is 0 Å². The molecule has 0 aromatic carbocycles. The second-order valence-electron chi connectivity index (χ2n) is 6.25. The number of hydrogen-bond acceptors (Lipinski definition) is 3. The lowest BCUT2D eigenvalue weighted by Gasteiger charge is -2.26. The van der Waals surface area contributed by atoms with Gasteiger partial charge < -0.3 is 5.73 Å². The van der Waals surface area contributed by atoms with Crippen LogP contribution in [0.5, 0.6) is 0 Å². The van der Waals surface area contributed by atoms with Crippen molar-refractivity contribution in [1.29, 1.82) is 0 Å². The number of nitrogens with zero attached hydrogens (tertiary/aromatic N) is 1. The van der Waals surface area contributed by atoms with Crippen molar-refractivity contribution in [1.82, 2.24) is 4.98 Å². The maximum atomic E-state index is 6.67. The van der Waals surface area contributed by atoms with Gasteiger partial charge in [-0.2, -0.15) is 0 Å². The summed E-state index contributed by atoms with van der Waals surface area (Å²) in [7, 11) is 0. The molecule has 2 nitrogen and oxygen atoms in total. The molecule has 0 radical (unpaired) electrons. The van der Waals surface area contributed by atoms with Crippen molar-refractivity contribution in [3.8, 4) is 0 Å². The molecule has 1 aliphatic rings. The molecule has 1 fully saturated rings. The molecule has 2 atom stereocenters. The third kappa shape index (κ3) is 2.77. The molecule has 1 heterocycles. The van der Waals surface area contributed by atoms with Gasteiger partial charge in [0.05, 0.1) is 11.2 Å². The molecule has 2 unspecified atom stereocenters. The fourth-order valence-corrected chi connectivity index (χ4v) is 4.03. The molecule has 102 valence electrons. The van der Waals surface area contributed by atoms with Gasteiger partial charge >= 0.3 is 0 Å². The summed E-state index contributed by atoms with van der Waals surface area (Å²) in [6, 6.07) is 0. The molecule has 0 spiro atoms. The van der Waals surface area contributed by atoms with Gasteiger partial charge in [0, 0.05) is 4.88 Å². The van der Waals surface area contributed by atoms with Gasteiger partial charge in [-0.05, 0) is 44.9 Å². The average Bonchev–Trinajstić information content (AvgIpc) is 2.53. The summed E-state index contributed by atoms with van der Waals surface area (Å²) in [6.07, 6.45) is 6.04. The number of nitrogens with two attached hydrogens (primary N) is 1. The Bertz CT molecular complexity index is 391. The minimum Gasteiger partial charge on any atom is -0.319 e. The highest BCUT2D eigenvalue weighted by Crippen LogP contribution is 2.39. The first-order chi connectivity index (χ1) is 8.42. The van der Waals surface area contributed by atoms with Crippen LogP contribution in [0.3, 0.4) is 0 Å². The summed E-state index contributed by atoms with van der Waals surface area (Å²) in [6.45, 7) is 8.91. The fraction of sp³-hybridized carbons (Fsp3) is 0.800. The van der Waals surface area contributed by atoms with Crippen LogP contribution in [0.15, 0.2) is 0 Å². The maximum Gasteiger partial charge on any atom is 0.113 e. The Kier molecular flexibility index (Phi) is 4.12. The Morgan fingerprint density at radius 3 is 2.56 bits per heavy atom. The number of aryl methyl sites for hydroxylation is 2. The molecular weight excluding hydrogens is 240 g/mol. The zero-order chi connectivity index (χ0) is 13.3. The Labute approximate surface area is 115 Å². The summed E-state index contributed by atoms with van der Waals surface area (Å²) in [5, 5.41) is 1.17. The minimum atomic E-state index is -0.159. The topological polar surface area (TPSA) is 38.9 Å². The molecule has 0 bridgehead atoms. The third-order valence-corrected chi connectivity index (χ3v) is 5.85. The van der Waals surface area contributed by atoms with Gasteiger partial charge in [0.15, 0.2) is 0 Å². The maximum absolute atomic E-state index is 6.67. The zero-order valence-corrected chi connectivity index (χ0v) is 12.9. The molecule has 1 aromatic rings. The highest BCUT2D eigenvalue weighted by atomic mass is 32.1. The molecule has 1 saturated carbocycles. The largest absolute Gasteiger partial charge is 0.319 e. The molecule has 3 heteroatoms. The van der Waals surface area contributed by atoms with Crippen molar-refractivity contribution in [3.05, 3.63) is 15.6 Å². The van der Waals surface area contributed by atoms with Crippen LogP contribution in [-0.2, 0) is 5.54 Å². The second-order valence-corrected chi connectivity index (χ2v) is 7.45. The first kappa shape index (κ1) is 14.0. The van der Waals surface area contributed by atoms with E-state index in [1.54, 1.807) is 11.3 Å². The van der Waals surface area contributed by atoms with E-state index in [1.165, 1.54) is 29.1 Å². The predicted molar refractivity (Wildman–Crippen MR) is 78.9 cm³/mol. The van der Waals surface area contributed by atoms with Crippen molar-refractivity contribution < 1.29 is 0 Å². The summed E-state index contributed by atoms with van der Waals surface area (Å²) in [5.41, 5.74) is 7.67. The van der Waals surface area contributed by atoms with Gasteiger partial charge in [-0.25, -0.2) is 4.98 Å². The van der Waals surface area contributed by atoms with Crippen LogP contribution in [0.2, 0.25) is 0 Å². The minimum absolute atomic E-state index is 0.159. The van der Waals surface area contributed by atoms with E-state index in [1.807, 2.05) is 0 Å². The standard InChI is InChI=1S/C15H26N2S/c1-10(2)13-6-5-8-15(16,9-7-13)14-17-11(3)12(4)18-14/h10,13H,5-9,16H2,1-4H3. The molecule has 0 saturated heterocycles. The van der Waals surface area contributed by atoms with Crippen LogP contribution in [0.1, 0.15) is 61.5 Å². The highest BCUT2D eigenvalue weighted by molar-refractivity contribution is 7.11. The number of thiazole rings is 1. The van der Waals surface area contributed by atoms with E-state index in [0.29, 0.717) is 0 Å². The van der Waals surface area contributed by atoms with E-state index >= 15 is 0 Å². The first-order valence-corrected chi connectivity index (χ1v) is 7.97. The molecular formula is C15H26N2S. The van der Waals surface area contributed by atoms with E-state index in [9.17, 15) is 0 Å². The molecule has 1 aromatic heterocycles. The van der Waals surface area contributed by atoms with Crippen molar-refractivity contribution in [3.63, 3.8) is 0 Å². The Morgan fingerprint density at radius 1 is 1.28 bits per heavy atom. The van der Waals surface area contributed by atoms with E-state index in [0.717, 1.165) is 30.4 Å². The average molecular weight is 266 g/mol. The predicted octanol–water partition coefficient (Wildman–Crippen LogP) is 4.15. The Morgan fingerprint density at radius 2 is 2.00 bits per heavy atom. The van der Waals surface area contributed by atoms with Crippen LogP contribution in [0.4, 0.5) is 0 Å². The third-order valence-electron chi connectivity index (χ3n) is 4.56. The SMILES string of the molecule is Cc1nc(C2(N)CCCC(C(C)C)CC2)sc1C. The first-order valence-electron chi connectivity index (χ1n) is 7.16. The molecule has 1 aliphatic carbocycles. The van der Waals surface area contributed by atoms with Crippen LogP contribution < -0.4 is 5.73 Å². The van der Waals surface area contributed by atoms with Gasteiger partial charge in [0.1, 0.15) is 5.01 Å². The second kappa shape index (κ2) is 5.30. The molecule has 18 heavy (non-hydrogen) atoms. The summed E-state index contributed by atoms with van der Waals surface area (Å²) >= 11 is 1.80. The molecule has 2 rings (SSSR count). The molecule has 0 aliphatic heterocycles. The Hall–Kier alpha value is -0.410. The Balaban J connectivity index is 2.16. The zero-order valence-electron chi connectivity index (χ0n) is 12.1. The monoisotopic (exact) mass is 266 g/mol. The smallest absolute Gasteiger partial charge is 0.113 e. The van der Waals surface area contributed by atoms with Crippen LogP contribution >= 0.6 is 11.3 Å². The molecule has 2 N–H and O–H groups in total. The van der Waals surface area contributed by atoms with E-state index in [4.69, 9.17) is 10.7 Å². The van der Waals surface area contributed by atoms with Gasteiger partial charge in [0.2, 0.25) is 0 Å². The number of hydrogen-bond donors (Lipinski definition) is 1. The summed E-state index contributed by atoms with van der Waals surface area (Å²) in [4.78, 5) is 6.03. The van der Waals surface area contributed by atoms with Crippen LogP contribution in [-0.4, -0.2) is 4.98 Å². The van der Waals surface area contributed by atoms with Gasteiger partial charge in [0.25, 0.3) is 0 Å². The highest BCUT2D eigenvalue weighted by Gasteiger charge is 2.34. The van der Waals surface area contributed by atoms with Crippen molar-refractivity contribution in [2.45, 2.75) is 65.3 Å². The summed E-state index contributed by atoms with van der Waals surface area (Å²) < 4.78 is 0. The summed E-state index contributed by atoms with van der Waals surface area (Å²) in [5.74, 6) is 1.63. The van der Waals surface area contributed by atoms with Crippen LogP contribution in [0.25, 0.3) is 0 Å². The van der Waals surface area contributed by atoms with Gasteiger partial charge in [-0.15, -0.1) is 11.3 Å². The van der Waals surface area contributed by atoms with Crippen molar-refractivity contribution >= 4 is 11.3 Å².